The molecule has 0 radical (unpaired) electrons. The molecule has 0 fully saturated rings. The molecule has 0 aliphatic rings. The molecule has 2 heterocycles. The minimum absolute atomic E-state index is 0.0199. The molecule has 0 N–H and O–H groups in total. The molecular weight excluding hydrogens is 320 g/mol. The molecule has 0 bridgehead atoms. The van der Waals surface area contributed by atoms with E-state index in [1.54, 1.807) is 15.8 Å². The Morgan fingerprint density at radius 3 is 2.65 bits per heavy atom. The van der Waals surface area contributed by atoms with Gasteiger partial charge in [0, 0.05) is 22.9 Å². The number of nitrogens with zero attached hydrogens (tertiary/aromatic N) is 4. The molecule has 20 heavy (non-hydrogen) atoms. The molecule has 0 aliphatic carbocycles. The van der Waals surface area contributed by atoms with Crippen molar-refractivity contribution in [3.63, 3.8) is 0 Å². The van der Waals surface area contributed by atoms with Crippen LogP contribution in [0.15, 0.2) is 28.9 Å². The highest BCUT2D eigenvalue weighted by Crippen LogP contribution is 2.15. The maximum absolute atomic E-state index is 12.4. The maximum atomic E-state index is 12.4. The molecule has 0 atom stereocenters. The van der Waals surface area contributed by atoms with Crippen molar-refractivity contribution in [2.75, 3.05) is 11.4 Å². The van der Waals surface area contributed by atoms with E-state index in [0.29, 0.717) is 12.4 Å². The molecule has 2 rings (SSSR count). The van der Waals surface area contributed by atoms with Crippen molar-refractivity contribution in [3.05, 3.63) is 40.3 Å². The van der Waals surface area contributed by atoms with E-state index in [1.165, 1.54) is 0 Å². The maximum Gasteiger partial charge on any atom is 0.249 e. The summed E-state index contributed by atoms with van der Waals surface area (Å²) >= 11 is 3.34. The third kappa shape index (κ3) is 3.25. The average molecular weight is 337 g/mol. The molecule has 2 aromatic heterocycles. The number of hydrogen-bond donors (Lipinski definition) is 0. The van der Waals surface area contributed by atoms with Crippen molar-refractivity contribution >= 4 is 27.7 Å². The zero-order chi connectivity index (χ0) is 14.7. The zero-order valence-electron chi connectivity index (χ0n) is 11.8. The highest BCUT2D eigenvalue weighted by molar-refractivity contribution is 9.10. The lowest BCUT2D eigenvalue weighted by Gasteiger charge is -2.20. The van der Waals surface area contributed by atoms with Crippen LogP contribution in [0, 0.1) is 13.8 Å². The van der Waals surface area contributed by atoms with Gasteiger partial charge in [0.25, 0.3) is 0 Å². The van der Waals surface area contributed by atoms with E-state index in [0.717, 1.165) is 15.9 Å². The Labute approximate surface area is 126 Å². The fourth-order valence-electron chi connectivity index (χ4n) is 2.04. The second kappa shape index (κ2) is 6.17. The van der Waals surface area contributed by atoms with Crippen molar-refractivity contribution < 1.29 is 4.79 Å². The molecule has 5 nitrogen and oxygen atoms in total. The van der Waals surface area contributed by atoms with Gasteiger partial charge in [-0.3, -0.25) is 14.4 Å². The summed E-state index contributed by atoms with van der Waals surface area (Å²) in [5.74, 6) is 0.635. The Morgan fingerprint density at radius 2 is 2.15 bits per heavy atom. The third-order valence-electron chi connectivity index (χ3n) is 2.99. The Morgan fingerprint density at radius 1 is 1.40 bits per heavy atom. The number of amides is 1. The summed E-state index contributed by atoms with van der Waals surface area (Å²) in [4.78, 5) is 18.3. The minimum atomic E-state index is -0.0199. The smallest absolute Gasteiger partial charge is 0.249 e. The summed E-state index contributed by atoms with van der Waals surface area (Å²) in [5.41, 5.74) is 1.90. The van der Waals surface area contributed by atoms with Crippen molar-refractivity contribution in [2.24, 2.45) is 0 Å². The first-order chi connectivity index (χ1) is 9.51. The van der Waals surface area contributed by atoms with Crippen LogP contribution in [0.5, 0.6) is 0 Å². The molecule has 6 heteroatoms. The molecule has 1 amide bonds. The number of anilines is 1. The first-order valence-electron chi connectivity index (χ1n) is 6.44. The quantitative estimate of drug-likeness (QED) is 0.862. The predicted molar refractivity (Wildman–Crippen MR) is 81.7 cm³/mol. The van der Waals surface area contributed by atoms with Crippen LogP contribution in [0.4, 0.5) is 5.82 Å². The lowest BCUT2D eigenvalue weighted by atomic mass is 10.3. The first kappa shape index (κ1) is 14.7. The Balaban J connectivity index is 2.17. The summed E-state index contributed by atoms with van der Waals surface area (Å²) in [6.07, 6.45) is 1.69. The lowest BCUT2D eigenvalue weighted by Crippen LogP contribution is -2.34. The van der Waals surface area contributed by atoms with Crippen LogP contribution in [0.25, 0.3) is 0 Å². The topological polar surface area (TPSA) is 51.0 Å². The summed E-state index contributed by atoms with van der Waals surface area (Å²) in [6.45, 7) is 6.60. The summed E-state index contributed by atoms with van der Waals surface area (Å²) < 4.78 is 2.61. The van der Waals surface area contributed by atoms with Gasteiger partial charge in [0.15, 0.2) is 0 Å². The van der Waals surface area contributed by atoms with Crippen molar-refractivity contribution in [3.8, 4) is 0 Å². The molecule has 2 aromatic rings. The third-order valence-corrected chi connectivity index (χ3v) is 3.46. The molecule has 0 unspecified atom stereocenters. The standard InChI is InChI=1S/C14H17BrN4O/c1-4-18(13-6-5-12(15)8-16-13)14(20)9-19-11(3)7-10(2)17-19/h5-8H,4,9H2,1-3H3. The van der Waals surface area contributed by atoms with E-state index in [4.69, 9.17) is 0 Å². The SMILES string of the molecule is CCN(C(=O)Cn1nc(C)cc1C)c1ccc(Br)cn1. The van der Waals surface area contributed by atoms with E-state index < -0.39 is 0 Å². The van der Waals surface area contributed by atoms with Gasteiger partial charge in [-0.15, -0.1) is 0 Å². The predicted octanol–water partition coefficient (Wildman–Crippen LogP) is 2.71. The van der Waals surface area contributed by atoms with E-state index in [-0.39, 0.29) is 12.5 Å². The first-order valence-corrected chi connectivity index (χ1v) is 7.23. The average Bonchev–Trinajstić information content (AvgIpc) is 2.71. The number of hydrogen-bond acceptors (Lipinski definition) is 3. The monoisotopic (exact) mass is 336 g/mol. The second-order valence-electron chi connectivity index (χ2n) is 4.56. The largest absolute Gasteiger partial charge is 0.295 e. The number of aromatic nitrogens is 3. The Hall–Kier alpha value is -1.69. The van der Waals surface area contributed by atoms with Gasteiger partial charge in [-0.2, -0.15) is 5.10 Å². The van der Waals surface area contributed by atoms with Crippen LogP contribution >= 0.6 is 15.9 Å². The van der Waals surface area contributed by atoms with Gasteiger partial charge in [0.1, 0.15) is 12.4 Å². The van der Waals surface area contributed by atoms with Crippen LogP contribution in [-0.4, -0.2) is 27.2 Å². The van der Waals surface area contributed by atoms with Gasteiger partial charge >= 0.3 is 0 Å². The van der Waals surface area contributed by atoms with Gasteiger partial charge in [0.05, 0.1) is 5.69 Å². The van der Waals surface area contributed by atoms with Crippen LogP contribution < -0.4 is 4.90 Å². The van der Waals surface area contributed by atoms with Gasteiger partial charge in [0.2, 0.25) is 5.91 Å². The van der Waals surface area contributed by atoms with E-state index >= 15 is 0 Å². The molecule has 0 spiro atoms. The minimum Gasteiger partial charge on any atom is -0.295 e. The van der Waals surface area contributed by atoms with Crippen molar-refractivity contribution in [2.45, 2.75) is 27.3 Å². The van der Waals surface area contributed by atoms with Crippen molar-refractivity contribution in [1.29, 1.82) is 0 Å². The lowest BCUT2D eigenvalue weighted by molar-refractivity contribution is -0.119. The highest BCUT2D eigenvalue weighted by atomic mass is 79.9. The van der Waals surface area contributed by atoms with Gasteiger partial charge < -0.3 is 0 Å². The summed E-state index contributed by atoms with van der Waals surface area (Å²) in [6, 6.07) is 5.66. The number of carbonyl (C=O) groups excluding carboxylic acids is 1. The van der Waals surface area contributed by atoms with Gasteiger partial charge in [-0.05, 0) is 54.9 Å². The summed E-state index contributed by atoms with van der Waals surface area (Å²) in [5, 5.41) is 4.32. The number of rotatable bonds is 4. The molecule has 0 aromatic carbocycles. The van der Waals surface area contributed by atoms with Crippen molar-refractivity contribution in [1.82, 2.24) is 14.8 Å². The van der Waals surface area contributed by atoms with Crippen LogP contribution in [0.1, 0.15) is 18.3 Å². The second-order valence-corrected chi connectivity index (χ2v) is 5.47. The van der Waals surface area contributed by atoms with E-state index in [1.807, 2.05) is 39.0 Å². The summed E-state index contributed by atoms with van der Waals surface area (Å²) in [7, 11) is 0. The van der Waals surface area contributed by atoms with E-state index in [2.05, 4.69) is 26.0 Å². The van der Waals surface area contributed by atoms with Crippen LogP contribution in [0.3, 0.4) is 0 Å². The molecule has 0 saturated carbocycles. The van der Waals surface area contributed by atoms with Crippen LogP contribution in [0.2, 0.25) is 0 Å². The van der Waals surface area contributed by atoms with Crippen LogP contribution in [-0.2, 0) is 11.3 Å². The fourth-order valence-corrected chi connectivity index (χ4v) is 2.28. The number of pyridine rings is 1. The Kier molecular flexibility index (Phi) is 4.54. The zero-order valence-corrected chi connectivity index (χ0v) is 13.4. The highest BCUT2D eigenvalue weighted by Gasteiger charge is 2.16. The Bertz CT molecular complexity index is 606. The fraction of sp³-hybridized carbons (Fsp3) is 0.357. The molecule has 106 valence electrons. The molecule has 0 aliphatic heterocycles. The normalized spacial score (nSPS) is 10.6. The van der Waals surface area contributed by atoms with Gasteiger partial charge in [-0.1, -0.05) is 0 Å². The van der Waals surface area contributed by atoms with Gasteiger partial charge in [-0.25, -0.2) is 4.98 Å². The molecular formula is C14H17BrN4O. The number of likely N-dealkylation sites (N-methyl/N-ethyl adjacent to an activating group) is 1. The molecule has 0 saturated heterocycles. The van der Waals surface area contributed by atoms with E-state index in [9.17, 15) is 4.79 Å². The number of aryl methyl sites for hydroxylation is 2. The number of carbonyl (C=O) groups is 1. The number of halogens is 1.